The molecule has 0 bridgehead atoms. The van der Waals surface area contributed by atoms with Gasteiger partial charge in [0.25, 0.3) is 0 Å². The van der Waals surface area contributed by atoms with E-state index in [4.69, 9.17) is 5.73 Å². The highest BCUT2D eigenvalue weighted by atomic mass is 15.0. The number of rotatable bonds is 3. The molecule has 1 unspecified atom stereocenters. The summed E-state index contributed by atoms with van der Waals surface area (Å²) in [5, 5.41) is 5.58. The molecule has 0 aliphatic heterocycles. The van der Waals surface area contributed by atoms with E-state index in [0.717, 1.165) is 17.7 Å². The van der Waals surface area contributed by atoms with Gasteiger partial charge in [-0.2, -0.15) is 0 Å². The molecule has 2 aromatic rings. The number of nitrogens with one attached hydrogen (secondary N) is 1. The van der Waals surface area contributed by atoms with Crippen molar-refractivity contribution in [1.29, 1.82) is 0 Å². The Balaban J connectivity index is 2.34. The zero-order valence-electron chi connectivity index (χ0n) is 8.77. The lowest BCUT2D eigenvalue weighted by molar-refractivity contribution is 0.778. The van der Waals surface area contributed by atoms with Crippen molar-refractivity contribution < 1.29 is 0 Å². The lowest BCUT2D eigenvalue weighted by atomic mass is 10.1. The van der Waals surface area contributed by atoms with Crippen LogP contribution in [0.25, 0.3) is 10.8 Å². The second kappa shape index (κ2) is 4.28. The van der Waals surface area contributed by atoms with E-state index in [1.165, 1.54) is 5.39 Å². The first-order valence-electron chi connectivity index (χ1n) is 5.10. The molecule has 3 nitrogen and oxygen atoms in total. The summed E-state index contributed by atoms with van der Waals surface area (Å²) in [4.78, 5) is 4.31. The first-order chi connectivity index (χ1) is 7.27. The van der Waals surface area contributed by atoms with Crippen LogP contribution in [-0.4, -0.2) is 17.6 Å². The number of nitrogens with two attached hydrogens (primary N) is 1. The SMILES string of the molecule is CC(N)CNc1nccc2ccccc12. The van der Waals surface area contributed by atoms with Crippen molar-refractivity contribution in [2.24, 2.45) is 5.73 Å². The Morgan fingerprint density at radius 1 is 1.33 bits per heavy atom. The first kappa shape index (κ1) is 9.93. The third-order valence-electron chi connectivity index (χ3n) is 2.27. The molecule has 2 rings (SSSR count). The molecule has 15 heavy (non-hydrogen) atoms. The van der Waals surface area contributed by atoms with Crippen molar-refractivity contribution in [2.75, 3.05) is 11.9 Å². The van der Waals surface area contributed by atoms with Crippen LogP contribution in [0.1, 0.15) is 6.92 Å². The number of hydrogen-bond donors (Lipinski definition) is 2. The third kappa shape index (κ3) is 2.25. The van der Waals surface area contributed by atoms with Crippen LogP contribution in [0.2, 0.25) is 0 Å². The maximum atomic E-state index is 5.69. The molecule has 1 heterocycles. The number of benzene rings is 1. The fourth-order valence-corrected chi connectivity index (χ4v) is 1.52. The molecular formula is C12H15N3. The highest BCUT2D eigenvalue weighted by Gasteiger charge is 2.01. The van der Waals surface area contributed by atoms with Crippen molar-refractivity contribution in [3.05, 3.63) is 36.5 Å². The summed E-state index contributed by atoms with van der Waals surface area (Å²) in [5.74, 6) is 0.908. The zero-order chi connectivity index (χ0) is 10.7. The van der Waals surface area contributed by atoms with E-state index in [0.29, 0.717) is 0 Å². The standard InChI is InChI=1S/C12H15N3/c1-9(13)8-15-12-11-5-3-2-4-10(11)6-7-14-12/h2-7,9H,8,13H2,1H3,(H,14,15). The Labute approximate surface area is 89.3 Å². The van der Waals surface area contributed by atoms with Gasteiger partial charge in [0.2, 0.25) is 0 Å². The maximum absolute atomic E-state index is 5.69. The van der Waals surface area contributed by atoms with Gasteiger partial charge in [0.1, 0.15) is 5.82 Å². The molecule has 0 saturated heterocycles. The topological polar surface area (TPSA) is 50.9 Å². The van der Waals surface area contributed by atoms with Gasteiger partial charge in [0.05, 0.1) is 0 Å². The number of fused-ring (bicyclic) bond motifs is 1. The minimum Gasteiger partial charge on any atom is -0.368 e. The van der Waals surface area contributed by atoms with Crippen molar-refractivity contribution in [3.8, 4) is 0 Å². The van der Waals surface area contributed by atoms with E-state index >= 15 is 0 Å². The van der Waals surface area contributed by atoms with E-state index in [9.17, 15) is 0 Å². The number of hydrogen-bond acceptors (Lipinski definition) is 3. The van der Waals surface area contributed by atoms with Gasteiger partial charge in [0, 0.05) is 24.2 Å². The zero-order valence-corrected chi connectivity index (χ0v) is 8.77. The van der Waals surface area contributed by atoms with Crippen molar-refractivity contribution in [3.63, 3.8) is 0 Å². The van der Waals surface area contributed by atoms with Crippen LogP contribution in [0.3, 0.4) is 0 Å². The van der Waals surface area contributed by atoms with Gasteiger partial charge >= 0.3 is 0 Å². The molecule has 0 amide bonds. The molecule has 0 saturated carbocycles. The summed E-state index contributed by atoms with van der Waals surface area (Å²) in [6, 6.07) is 10.3. The Hall–Kier alpha value is -1.61. The molecule has 0 radical (unpaired) electrons. The maximum Gasteiger partial charge on any atom is 0.133 e. The number of aromatic nitrogens is 1. The molecule has 1 aromatic carbocycles. The first-order valence-corrected chi connectivity index (χ1v) is 5.10. The van der Waals surface area contributed by atoms with E-state index in [2.05, 4.69) is 22.4 Å². The predicted octanol–water partition coefficient (Wildman–Crippen LogP) is 1.99. The molecular weight excluding hydrogens is 186 g/mol. The van der Waals surface area contributed by atoms with Gasteiger partial charge < -0.3 is 11.1 Å². The largest absolute Gasteiger partial charge is 0.368 e. The van der Waals surface area contributed by atoms with Gasteiger partial charge in [0.15, 0.2) is 0 Å². The number of anilines is 1. The van der Waals surface area contributed by atoms with Crippen molar-refractivity contribution in [2.45, 2.75) is 13.0 Å². The summed E-state index contributed by atoms with van der Waals surface area (Å²) >= 11 is 0. The normalized spacial score (nSPS) is 12.7. The summed E-state index contributed by atoms with van der Waals surface area (Å²) in [6.07, 6.45) is 1.81. The average molecular weight is 201 g/mol. The summed E-state index contributed by atoms with van der Waals surface area (Å²) < 4.78 is 0. The summed E-state index contributed by atoms with van der Waals surface area (Å²) in [6.45, 7) is 2.71. The Bertz CT molecular complexity index is 446. The van der Waals surface area contributed by atoms with Gasteiger partial charge in [-0.05, 0) is 18.4 Å². The van der Waals surface area contributed by atoms with Crippen LogP contribution in [0.4, 0.5) is 5.82 Å². The fraction of sp³-hybridized carbons (Fsp3) is 0.250. The number of pyridine rings is 1. The highest BCUT2D eigenvalue weighted by Crippen LogP contribution is 2.19. The Morgan fingerprint density at radius 3 is 2.93 bits per heavy atom. The minimum absolute atomic E-state index is 0.130. The second-order valence-corrected chi connectivity index (χ2v) is 3.74. The van der Waals surface area contributed by atoms with Crippen molar-refractivity contribution >= 4 is 16.6 Å². The molecule has 0 aliphatic carbocycles. The van der Waals surface area contributed by atoms with Crippen LogP contribution in [0, 0.1) is 0 Å². The molecule has 1 atom stereocenters. The lowest BCUT2D eigenvalue weighted by Crippen LogP contribution is -2.25. The van der Waals surface area contributed by atoms with Gasteiger partial charge in [-0.1, -0.05) is 24.3 Å². The monoisotopic (exact) mass is 201 g/mol. The van der Waals surface area contributed by atoms with Crippen LogP contribution in [-0.2, 0) is 0 Å². The molecule has 3 heteroatoms. The quantitative estimate of drug-likeness (QED) is 0.798. The second-order valence-electron chi connectivity index (χ2n) is 3.74. The third-order valence-corrected chi connectivity index (χ3v) is 2.27. The van der Waals surface area contributed by atoms with Gasteiger partial charge in [-0.25, -0.2) is 4.98 Å². The molecule has 1 aromatic heterocycles. The van der Waals surface area contributed by atoms with E-state index in [-0.39, 0.29) is 6.04 Å². The smallest absolute Gasteiger partial charge is 0.133 e. The van der Waals surface area contributed by atoms with Crippen LogP contribution in [0.15, 0.2) is 36.5 Å². The van der Waals surface area contributed by atoms with E-state index in [1.54, 1.807) is 0 Å². The van der Waals surface area contributed by atoms with E-state index < -0.39 is 0 Å². The predicted molar refractivity (Wildman–Crippen MR) is 63.9 cm³/mol. The van der Waals surface area contributed by atoms with Crippen LogP contribution < -0.4 is 11.1 Å². The average Bonchev–Trinajstić information content (AvgIpc) is 2.26. The number of nitrogens with zero attached hydrogens (tertiary/aromatic N) is 1. The lowest BCUT2D eigenvalue weighted by Gasteiger charge is -2.10. The fourth-order valence-electron chi connectivity index (χ4n) is 1.52. The van der Waals surface area contributed by atoms with E-state index in [1.807, 2.05) is 31.3 Å². The Morgan fingerprint density at radius 2 is 2.13 bits per heavy atom. The van der Waals surface area contributed by atoms with Crippen LogP contribution >= 0.6 is 0 Å². The van der Waals surface area contributed by atoms with Gasteiger partial charge in [-0.3, -0.25) is 0 Å². The highest BCUT2D eigenvalue weighted by molar-refractivity contribution is 5.91. The molecule has 0 spiro atoms. The summed E-state index contributed by atoms with van der Waals surface area (Å²) in [5.41, 5.74) is 5.69. The Kier molecular flexibility index (Phi) is 2.83. The molecule has 78 valence electrons. The van der Waals surface area contributed by atoms with Gasteiger partial charge in [-0.15, -0.1) is 0 Å². The molecule has 3 N–H and O–H groups in total. The summed E-state index contributed by atoms with van der Waals surface area (Å²) in [7, 11) is 0. The molecule has 0 fully saturated rings. The van der Waals surface area contributed by atoms with Crippen molar-refractivity contribution in [1.82, 2.24) is 4.98 Å². The molecule has 0 aliphatic rings. The van der Waals surface area contributed by atoms with Crippen LogP contribution in [0.5, 0.6) is 0 Å². The minimum atomic E-state index is 0.130.